The first-order chi connectivity index (χ1) is 8.86. The van der Waals surface area contributed by atoms with Gasteiger partial charge in [-0.2, -0.15) is 5.10 Å². The Balaban J connectivity index is 1.58. The number of rotatable bonds is 7. The van der Waals surface area contributed by atoms with Crippen LogP contribution in [0.5, 0.6) is 5.75 Å². The van der Waals surface area contributed by atoms with E-state index >= 15 is 0 Å². The Morgan fingerprint density at radius 1 is 1.17 bits per heavy atom. The second-order valence-corrected chi connectivity index (χ2v) is 3.55. The predicted molar refractivity (Wildman–Crippen MR) is 62.7 cm³/mol. The molecule has 0 radical (unpaired) electrons. The van der Waals surface area contributed by atoms with Crippen LogP contribution in [-0.4, -0.2) is 34.6 Å². The summed E-state index contributed by atoms with van der Waals surface area (Å²) in [5.41, 5.74) is 0. The van der Waals surface area contributed by atoms with Gasteiger partial charge in [-0.1, -0.05) is 12.1 Å². The zero-order valence-electron chi connectivity index (χ0n) is 9.83. The van der Waals surface area contributed by atoms with Crippen LogP contribution in [0.4, 0.5) is 4.39 Å². The minimum atomic E-state index is -0.361. The van der Waals surface area contributed by atoms with Crippen LogP contribution >= 0.6 is 0 Å². The van der Waals surface area contributed by atoms with Crippen LogP contribution in [0, 0.1) is 5.82 Å². The summed E-state index contributed by atoms with van der Waals surface area (Å²) in [5, 5.41) is 3.94. The van der Waals surface area contributed by atoms with Crippen LogP contribution in [0.1, 0.15) is 0 Å². The number of ether oxygens (including phenoxy) is 2. The second kappa shape index (κ2) is 6.70. The van der Waals surface area contributed by atoms with Crippen LogP contribution in [0.25, 0.3) is 0 Å². The molecule has 0 saturated carbocycles. The van der Waals surface area contributed by atoms with Gasteiger partial charge in [0.1, 0.15) is 19.3 Å². The molecule has 0 aliphatic carbocycles. The average Bonchev–Trinajstić information content (AvgIpc) is 2.89. The molecule has 0 unspecified atom stereocenters. The number of aromatic nitrogens is 3. The van der Waals surface area contributed by atoms with Crippen molar-refractivity contribution in [3.05, 3.63) is 42.7 Å². The Labute approximate surface area is 104 Å². The molecule has 0 N–H and O–H groups in total. The fourth-order valence-electron chi connectivity index (χ4n) is 1.38. The molecule has 18 heavy (non-hydrogen) atoms. The number of nitrogens with zero attached hydrogens (tertiary/aromatic N) is 3. The molecule has 0 aliphatic rings. The zero-order valence-corrected chi connectivity index (χ0v) is 9.83. The summed E-state index contributed by atoms with van der Waals surface area (Å²) in [6.07, 6.45) is 3.10. The second-order valence-electron chi connectivity index (χ2n) is 3.55. The van der Waals surface area contributed by atoms with Gasteiger partial charge in [0.2, 0.25) is 0 Å². The standard InChI is InChI=1S/C12H14FN3O2/c13-11-3-1-2-4-12(11)18-8-7-17-6-5-16-10-14-9-15-16/h1-4,9-10H,5-8H2. The highest BCUT2D eigenvalue weighted by Gasteiger charge is 2.00. The minimum Gasteiger partial charge on any atom is -0.488 e. The Kier molecular flexibility index (Phi) is 4.66. The van der Waals surface area contributed by atoms with E-state index in [4.69, 9.17) is 9.47 Å². The quantitative estimate of drug-likeness (QED) is 0.700. The molecule has 6 heteroatoms. The molecule has 0 saturated heterocycles. The molecule has 96 valence electrons. The van der Waals surface area contributed by atoms with E-state index in [1.807, 2.05) is 0 Å². The molecule has 0 aliphatic heterocycles. The van der Waals surface area contributed by atoms with E-state index in [-0.39, 0.29) is 11.6 Å². The van der Waals surface area contributed by atoms with Crippen molar-refractivity contribution in [2.45, 2.75) is 6.54 Å². The Bertz CT molecular complexity index is 462. The first-order valence-electron chi connectivity index (χ1n) is 5.64. The van der Waals surface area contributed by atoms with Crippen molar-refractivity contribution in [2.24, 2.45) is 0 Å². The van der Waals surface area contributed by atoms with E-state index in [9.17, 15) is 4.39 Å². The van der Waals surface area contributed by atoms with Crippen molar-refractivity contribution >= 4 is 0 Å². The third-order valence-electron chi connectivity index (χ3n) is 2.25. The molecule has 0 amide bonds. The van der Waals surface area contributed by atoms with Crippen molar-refractivity contribution in [3.8, 4) is 5.75 Å². The SMILES string of the molecule is Fc1ccccc1OCCOCCn1cncn1. The highest BCUT2D eigenvalue weighted by molar-refractivity contribution is 5.23. The lowest BCUT2D eigenvalue weighted by Gasteiger charge is -2.07. The van der Waals surface area contributed by atoms with Gasteiger partial charge in [-0.05, 0) is 12.1 Å². The first kappa shape index (κ1) is 12.5. The minimum absolute atomic E-state index is 0.248. The monoisotopic (exact) mass is 251 g/mol. The Morgan fingerprint density at radius 3 is 2.83 bits per heavy atom. The summed E-state index contributed by atoms with van der Waals surface area (Å²) in [7, 11) is 0. The van der Waals surface area contributed by atoms with Gasteiger partial charge in [-0.15, -0.1) is 0 Å². The molecule has 1 heterocycles. The number of benzene rings is 1. The molecule has 1 aromatic carbocycles. The lowest BCUT2D eigenvalue weighted by Crippen LogP contribution is -2.12. The van der Waals surface area contributed by atoms with Gasteiger partial charge in [-0.25, -0.2) is 9.37 Å². The number of halogens is 1. The third kappa shape index (κ3) is 3.81. The van der Waals surface area contributed by atoms with Gasteiger partial charge in [0.05, 0.1) is 19.8 Å². The van der Waals surface area contributed by atoms with Crippen LogP contribution in [0.2, 0.25) is 0 Å². The van der Waals surface area contributed by atoms with Gasteiger partial charge < -0.3 is 9.47 Å². The van der Waals surface area contributed by atoms with Crippen molar-refractivity contribution in [3.63, 3.8) is 0 Å². The van der Waals surface area contributed by atoms with Gasteiger partial charge in [0.15, 0.2) is 11.6 Å². The van der Waals surface area contributed by atoms with Crippen LogP contribution < -0.4 is 4.74 Å². The maximum Gasteiger partial charge on any atom is 0.165 e. The average molecular weight is 251 g/mol. The molecule has 1 aromatic heterocycles. The summed E-state index contributed by atoms with van der Waals surface area (Å²) >= 11 is 0. The number of para-hydroxylation sites is 1. The van der Waals surface area contributed by atoms with Gasteiger partial charge >= 0.3 is 0 Å². The lowest BCUT2D eigenvalue weighted by atomic mass is 10.3. The lowest BCUT2D eigenvalue weighted by molar-refractivity contribution is 0.0913. The molecule has 0 spiro atoms. The van der Waals surface area contributed by atoms with E-state index in [0.29, 0.717) is 26.4 Å². The van der Waals surface area contributed by atoms with Crippen LogP contribution in [-0.2, 0) is 11.3 Å². The van der Waals surface area contributed by atoms with Crippen molar-refractivity contribution in [2.75, 3.05) is 19.8 Å². The summed E-state index contributed by atoms with van der Waals surface area (Å²) in [4.78, 5) is 3.82. The van der Waals surface area contributed by atoms with Crippen molar-refractivity contribution in [1.29, 1.82) is 0 Å². The number of hydrogen-bond donors (Lipinski definition) is 0. The molecule has 0 bridgehead atoms. The summed E-state index contributed by atoms with van der Waals surface area (Å²) in [5.74, 6) is -0.113. The van der Waals surface area contributed by atoms with Gasteiger partial charge in [0, 0.05) is 0 Å². The van der Waals surface area contributed by atoms with Crippen LogP contribution in [0.3, 0.4) is 0 Å². The summed E-state index contributed by atoms with van der Waals surface area (Å²) in [6.45, 7) is 1.88. The van der Waals surface area contributed by atoms with E-state index in [1.54, 1.807) is 29.2 Å². The van der Waals surface area contributed by atoms with Crippen molar-refractivity contribution in [1.82, 2.24) is 14.8 Å². The normalized spacial score (nSPS) is 10.5. The van der Waals surface area contributed by atoms with E-state index in [0.717, 1.165) is 0 Å². The maximum absolute atomic E-state index is 13.2. The van der Waals surface area contributed by atoms with Crippen molar-refractivity contribution < 1.29 is 13.9 Å². The Morgan fingerprint density at radius 2 is 2.06 bits per heavy atom. The highest BCUT2D eigenvalue weighted by atomic mass is 19.1. The third-order valence-corrected chi connectivity index (χ3v) is 2.25. The topological polar surface area (TPSA) is 49.2 Å². The molecule has 2 rings (SSSR count). The molecule has 0 fully saturated rings. The highest BCUT2D eigenvalue weighted by Crippen LogP contribution is 2.14. The predicted octanol–water partition coefficient (Wildman–Crippen LogP) is 1.51. The zero-order chi connectivity index (χ0) is 12.6. The van der Waals surface area contributed by atoms with Gasteiger partial charge in [0.25, 0.3) is 0 Å². The van der Waals surface area contributed by atoms with Crippen LogP contribution in [0.15, 0.2) is 36.9 Å². The molecular weight excluding hydrogens is 237 g/mol. The Hall–Kier alpha value is -1.95. The largest absolute Gasteiger partial charge is 0.488 e. The van der Waals surface area contributed by atoms with Gasteiger partial charge in [-0.3, -0.25) is 4.68 Å². The summed E-state index contributed by atoms with van der Waals surface area (Å²) in [6, 6.07) is 6.30. The number of hydrogen-bond acceptors (Lipinski definition) is 4. The fraction of sp³-hybridized carbons (Fsp3) is 0.333. The molecule has 5 nitrogen and oxygen atoms in total. The summed E-state index contributed by atoms with van der Waals surface area (Å²) < 4.78 is 25.4. The van der Waals surface area contributed by atoms with E-state index < -0.39 is 0 Å². The molecule has 0 atom stereocenters. The molecular formula is C12H14FN3O2. The fourth-order valence-corrected chi connectivity index (χ4v) is 1.38. The van der Waals surface area contributed by atoms with E-state index in [2.05, 4.69) is 10.1 Å². The first-order valence-corrected chi connectivity index (χ1v) is 5.64. The molecule has 2 aromatic rings. The maximum atomic E-state index is 13.2. The smallest absolute Gasteiger partial charge is 0.165 e. The van der Waals surface area contributed by atoms with E-state index in [1.165, 1.54) is 12.4 Å².